The maximum Gasteiger partial charge on any atom is 0.115 e. The minimum absolute atomic E-state index is 0.216. The zero-order valence-electron chi connectivity index (χ0n) is 14.4. The Bertz CT molecular complexity index is 446. The molecule has 0 aromatic heterocycles. The van der Waals surface area contributed by atoms with Crippen LogP contribution in [0.3, 0.4) is 0 Å². The molecule has 2 saturated heterocycles. The van der Waals surface area contributed by atoms with Crippen molar-refractivity contribution in [1.29, 1.82) is 0 Å². The first-order valence-electron chi connectivity index (χ1n) is 8.40. The Morgan fingerprint density at radius 3 is 2.87 bits per heavy atom. The molecule has 3 aliphatic rings. The summed E-state index contributed by atoms with van der Waals surface area (Å²) in [5, 5.41) is 0. The fraction of sp³-hybridized carbons (Fsp3) is 1.00. The van der Waals surface area contributed by atoms with Crippen molar-refractivity contribution >= 4 is 0 Å². The molecule has 0 amide bonds. The number of hydrogen-bond acceptors (Lipinski definition) is 1. The van der Waals surface area contributed by atoms with Gasteiger partial charge in [-0.1, -0.05) is 13.8 Å². The van der Waals surface area contributed by atoms with Crippen molar-refractivity contribution in [2.45, 2.75) is 57.6 Å². The first kappa shape index (κ1) is 6.00. The summed E-state index contributed by atoms with van der Waals surface area (Å²) in [6.07, 6.45) is -0.501. The average Bonchev–Trinajstić information content (AvgIpc) is 2.86. The van der Waals surface area contributed by atoms with Gasteiger partial charge in [-0.25, -0.2) is 4.39 Å². The molecule has 3 rings (SSSR count). The van der Waals surface area contributed by atoms with E-state index in [0.717, 1.165) is 17.7 Å². The van der Waals surface area contributed by atoms with Crippen molar-refractivity contribution in [3.63, 3.8) is 0 Å². The Labute approximate surface area is 99.1 Å². The van der Waals surface area contributed by atoms with Gasteiger partial charge in [0, 0.05) is 17.5 Å². The lowest BCUT2D eigenvalue weighted by atomic mass is 9.74. The first-order chi connectivity index (χ1) is 8.90. The number of rotatable bonds is 2. The number of fused-ring (bicyclic) bond motifs is 2. The maximum absolute atomic E-state index is 14.6. The molecule has 1 nitrogen and oxygen atoms in total. The van der Waals surface area contributed by atoms with Gasteiger partial charge in [-0.3, -0.25) is 4.90 Å². The largest absolute Gasteiger partial charge is 0.294 e. The standard InChI is InChI=1S/C13H22FN/c1-10(2)7-13-8-11(14)9-15(13)6-5-12(13)3-4-12/h10-11H,3-9H2,1-2H3/t11-,13-/m1/s1/i6D2,9D2,11D. The molecule has 1 aliphatic carbocycles. The maximum atomic E-state index is 14.6. The SMILES string of the molecule is [2H]C1([2H])CC2(CC2)[C@@]2(CC(C)C)C[C@@]([2H])(F)C([2H])([2H])N12. The third-order valence-electron chi connectivity index (χ3n) is 4.27. The van der Waals surface area contributed by atoms with Crippen LogP contribution in [-0.2, 0) is 0 Å². The third-order valence-corrected chi connectivity index (χ3v) is 4.27. The van der Waals surface area contributed by atoms with Gasteiger partial charge in [0.2, 0.25) is 0 Å². The van der Waals surface area contributed by atoms with E-state index in [-0.39, 0.29) is 24.2 Å². The Balaban J connectivity index is 2.16. The summed E-state index contributed by atoms with van der Waals surface area (Å²) in [7, 11) is 0. The van der Waals surface area contributed by atoms with E-state index in [9.17, 15) is 4.39 Å². The molecule has 1 saturated carbocycles. The van der Waals surface area contributed by atoms with E-state index in [4.69, 9.17) is 6.85 Å². The van der Waals surface area contributed by atoms with Crippen LogP contribution in [0.5, 0.6) is 0 Å². The monoisotopic (exact) mass is 216 g/mol. The molecule has 2 aliphatic heterocycles. The van der Waals surface area contributed by atoms with E-state index in [2.05, 4.69) is 0 Å². The minimum atomic E-state index is -2.74. The van der Waals surface area contributed by atoms with E-state index < -0.39 is 24.7 Å². The quantitative estimate of drug-likeness (QED) is 0.686. The van der Waals surface area contributed by atoms with Gasteiger partial charge in [-0.2, -0.15) is 0 Å². The van der Waals surface area contributed by atoms with Gasteiger partial charge < -0.3 is 0 Å². The number of nitrogens with zero attached hydrogens (tertiary/aromatic N) is 1. The molecule has 0 radical (unpaired) electrons. The summed E-state index contributed by atoms with van der Waals surface area (Å²) in [5.74, 6) is 0.216. The Kier molecular flexibility index (Phi) is 1.19. The number of halogens is 1. The van der Waals surface area contributed by atoms with E-state index in [1.807, 2.05) is 13.8 Å². The van der Waals surface area contributed by atoms with Gasteiger partial charge in [-0.05, 0) is 49.9 Å². The molecule has 2 heterocycles. The second-order valence-electron chi connectivity index (χ2n) is 5.77. The third kappa shape index (κ3) is 1.23. The van der Waals surface area contributed by atoms with Gasteiger partial charge >= 0.3 is 0 Å². The van der Waals surface area contributed by atoms with E-state index in [0.29, 0.717) is 6.42 Å². The summed E-state index contributed by atoms with van der Waals surface area (Å²) in [4.78, 5) is 1.10. The smallest absolute Gasteiger partial charge is 0.115 e. The lowest BCUT2D eigenvalue weighted by Crippen LogP contribution is -2.45. The van der Waals surface area contributed by atoms with Crippen molar-refractivity contribution in [3.05, 3.63) is 0 Å². The van der Waals surface area contributed by atoms with Gasteiger partial charge in [0.25, 0.3) is 0 Å². The molecule has 2 heteroatoms. The van der Waals surface area contributed by atoms with Gasteiger partial charge in [0.1, 0.15) is 6.15 Å². The van der Waals surface area contributed by atoms with Crippen molar-refractivity contribution in [3.8, 4) is 0 Å². The molecule has 0 aromatic carbocycles. The number of alkyl halides is 1. The van der Waals surface area contributed by atoms with Crippen LogP contribution >= 0.6 is 0 Å². The topological polar surface area (TPSA) is 3.24 Å². The molecule has 1 spiro atoms. The molecule has 15 heavy (non-hydrogen) atoms. The highest BCUT2D eigenvalue weighted by Gasteiger charge is 2.67. The van der Waals surface area contributed by atoms with Crippen LogP contribution in [0, 0.1) is 11.3 Å². The number of hydrogen-bond donors (Lipinski definition) is 0. The van der Waals surface area contributed by atoms with E-state index in [1.165, 1.54) is 0 Å². The molecule has 0 unspecified atom stereocenters. The van der Waals surface area contributed by atoms with Crippen LogP contribution in [0.1, 0.15) is 52.8 Å². The van der Waals surface area contributed by atoms with Crippen molar-refractivity contribution in [2.24, 2.45) is 11.3 Å². The zero-order valence-corrected chi connectivity index (χ0v) is 9.44. The summed E-state index contributed by atoms with van der Waals surface area (Å²) in [6.45, 7) is -0.454. The van der Waals surface area contributed by atoms with Crippen LogP contribution in [0.2, 0.25) is 0 Å². The molecular weight excluding hydrogens is 189 g/mol. The Morgan fingerprint density at radius 1 is 1.53 bits per heavy atom. The fourth-order valence-electron chi connectivity index (χ4n) is 3.46. The van der Waals surface area contributed by atoms with Gasteiger partial charge in [-0.15, -0.1) is 0 Å². The van der Waals surface area contributed by atoms with E-state index >= 15 is 0 Å². The Morgan fingerprint density at radius 2 is 2.27 bits per heavy atom. The average molecular weight is 216 g/mol. The van der Waals surface area contributed by atoms with Crippen molar-refractivity contribution < 1.29 is 11.2 Å². The predicted octanol–water partition coefficient (Wildman–Crippen LogP) is 3.00. The molecule has 0 N–H and O–H groups in total. The van der Waals surface area contributed by atoms with Crippen LogP contribution < -0.4 is 0 Å². The van der Waals surface area contributed by atoms with E-state index in [1.54, 1.807) is 0 Å². The summed E-state index contributed by atoms with van der Waals surface area (Å²) in [5.41, 5.74) is -1.17. The van der Waals surface area contributed by atoms with Gasteiger partial charge in [0.05, 0.1) is 1.37 Å². The molecule has 3 fully saturated rings. The van der Waals surface area contributed by atoms with Crippen molar-refractivity contribution in [1.82, 2.24) is 4.90 Å². The minimum Gasteiger partial charge on any atom is -0.294 e. The highest BCUT2D eigenvalue weighted by molar-refractivity contribution is 5.21. The first-order valence-corrected chi connectivity index (χ1v) is 5.90. The van der Waals surface area contributed by atoms with Crippen LogP contribution in [0.25, 0.3) is 0 Å². The fourth-order valence-corrected chi connectivity index (χ4v) is 3.46. The molecule has 2 atom stereocenters. The van der Waals surface area contributed by atoms with Crippen LogP contribution in [0.15, 0.2) is 0 Å². The molecule has 0 bridgehead atoms. The van der Waals surface area contributed by atoms with Crippen LogP contribution in [-0.4, -0.2) is 29.6 Å². The zero-order chi connectivity index (χ0) is 15.2. The second-order valence-corrected chi connectivity index (χ2v) is 5.77. The normalized spacial score (nSPS) is 59.3. The lowest BCUT2D eigenvalue weighted by molar-refractivity contribution is 0.107. The lowest BCUT2D eigenvalue weighted by Gasteiger charge is -2.39. The highest BCUT2D eigenvalue weighted by Crippen LogP contribution is 2.67. The van der Waals surface area contributed by atoms with Gasteiger partial charge in [0.15, 0.2) is 0 Å². The summed E-state index contributed by atoms with van der Waals surface area (Å²) < 4.78 is 54.9. The molecule has 86 valence electrons. The summed E-state index contributed by atoms with van der Waals surface area (Å²) >= 11 is 0. The Hall–Kier alpha value is -0.110. The predicted molar refractivity (Wildman–Crippen MR) is 59.6 cm³/mol. The highest BCUT2D eigenvalue weighted by atomic mass is 19.1. The summed E-state index contributed by atoms with van der Waals surface area (Å²) in [6, 6.07) is 0. The van der Waals surface area contributed by atoms with Crippen molar-refractivity contribution in [2.75, 3.05) is 13.0 Å². The molecule has 0 aromatic rings. The second kappa shape index (κ2) is 2.97. The van der Waals surface area contributed by atoms with Crippen LogP contribution in [0.4, 0.5) is 4.39 Å². The molecular formula is C13H22FN.